The number of amides is 1. The number of halogens is 1. The molecule has 24 heavy (non-hydrogen) atoms. The van der Waals surface area contributed by atoms with Gasteiger partial charge in [0.1, 0.15) is 5.58 Å². The van der Waals surface area contributed by atoms with Crippen LogP contribution in [0, 0.1) is 0 Å². The van der Waals surface area contributed by atoms with E-state index in [1.807, 2.05) is 17.5 Å². The van der Waals surface area contributed by atoms with Gasteiger partial charge in [-0.2, -0.15) is 0 Å². The minimum absolute atomic E-state index is 0.213. The van der Waals surface area contributed by atoms with Crippen LogP contribution in [0.1, 0.15) is 10.6 Å². The number of anilines is 1. The number of hydrogen-bond acceptors (Lipinski definition) is 5. The standard InChI is InChI=1S/C17H10ClN3O2S/c18-12-3-4-14-11(6-12)7-15(23-14)16(22)21-17-20-13(9-24-17)10-2-1-5-19-8-10/h1-9H,(H,20,21,22). The van der Waals surface area contributed by atoms with Crippen molar-refractivity contribution >= 4 is 44.9 Å². The van der Waals surface area contributed by atoms with Gasteiger partial charge in [-0.1, -0.05) is 11.6 Å². The molecule has 0 unspecified atom stereocenters. The van der Waals surface area contributed by atoms with Crippen LogP contribution in [0.5, 0.6) is 0 Å². The molecule has 0 aliphatic rings. The fourth-order valence-corrected chi connectivity index (χ4v) is 3.16. The number of carbonyl (C=O) groups excluding carboxylic acids is 1. The second-order valence-corrected chi connectivity index (χ2v) is 6.32. The molecular formula is C17H10ClN3O2S. The molecule has 1 amide bonds. The molecule has 5 nitrogen and oxygen atoms in total. The lowest BCUT2D eigenvalue weighted by atomic mass is 10.2. The Morgan fingerprint density at radius 2 is 2.17 bits per heavy atom. The highest BCUT2D eigenvalue weighted by molar-refractivity contribution is 7.14. The molecule has 0 saturated heterocycles. The lowest BCUT2D eigenvalue weighted by Gasteiger charge is -1.97. The Bertz CT molecular complexity index is 1030. The first-order chi connectivity index (χ1) is 11.7. The van der Waals surface area contributed by atoms with E-state index in [1.54, 1.807) is 36.7 Å². The summed E-state index contributed by atoms with van der Waals surface area (Å²) in [7, 11) is 0. The molecule has 0 atom stereocenters. The molecule has 0 saturated carbocycles. The Labute approximate surface area is 145 Å². The van der Waals surface area contributed by atoms with Gasteiger partial charge in [-0.15, -0.1) is 11.3 Å². The summed E-state index contributed by atoms with van der Waals surface area (Å²) in [5.41, 5.74) is 2.27. The highest BCUT2D eigenvalue weighted by Gasteiger charge is 2.15. The van der Waals surface area contributed by atoms with Crippen LogP contribution < -0.4 is 5.32 Å². The normalized spacial score (nSPS) is 10.9. The van der Waals surface area contributed by atoms with Crippen molar-refractivity contribution in [3.8, 4) is 11.3 Å². The third-order valence-electron chi connectivity index (χ3n) is 3.38. The van der Waals surface area contributed by atoms with Gasteiger partial charge in [-0.25, -0.2) is 4.98 Å². The summed E-state index contributed by atoms with van der Waals surface area (Å²) in [4.78, 5) is 20.8. The molecule has 4 aromatic rings. The van der Waals surface area contributed by atoms with Crippen molar-refractivity contribution < 1.29 is 9.21 Å². The van der Waals surface area contributed by atoms with Crippen LogP contribution in [0.25, 0.3) is 22.2 Å². The first kappa shape index (κ1) is 14.9. The van der Waals surface area contributed by atoms with Crippen LogP contribution >= 0.6 is 22.9 Å². The zero-order valence-corrected chi connectivity index (χ0v) is 13.8. The lowest BCUT2D eigenvalue weighted by molar-refractivity contribution is 0.0998. The molecule has 1 N–H and O–H groups in total. The maximum absolute atomic E-state index is 12.3. The number of rotatable bonds is 3. The number of nitrogens with zero attached hydrogens (tertiary/aromatic N) is 2. The summed E-state index contributed by atoms with van der Waals surface area (Å²) < 4.78 is 5.54. The van der Waals surface area contributed by atoms with E-state index < -0.39 is 0 Å². The summed E-state index contributed by atoms with van der Waals surface area (Å²) in [6.07, 6.45) is 3.43. The molecule has 1 aromatic carbocycles. The molecule has 0 aliphatic heterocycles. The summed E-state index contributed by atoms with van der Waals surface area (Å²) >= 11 is 7.29. The molecule has 0 bridgehead atoms. The van der Waals surface area contributed by atoms with E-state index in [1.165, 1.54) is 11.3 Å². The van der Waals surface area contributed by atoms with Crippen LogP contribution in [0.2, 0.25) is 5.02 Å². The molecule has 0 aliphatic carbocycles. The van der Waals surface area contributed by atoms with E-state index in [0.717, 1.165) is 16.6 Å². The number of hydrogen-bond donors (Lipinski definition) is 1. The van der Waals surface area contributed by atoms with Gasteiger partial charge in [-0.3, -0.25) is 15.1 Å². The number of furan rings is 1. The van der Waals surface area contributed by atoms with Crippen LogP contribution in [-0.4, -0.2) is 15.9 Å². The highest BCUT2D eigenvalue weighted by Crippen LogP contribution is 2.26. The van der Waals surface area contributed by atoms with Crippen molar-refractivity contribution in [2.45, 2.75) is 0 Å². The van der Waals surface area contributed by atoms with Gasteiger partial charge >= 0.3 is 0 Å². The second kappa shape index (κ2) is 6.07. The van der Waals surface area contributed by atoms with E-state index in [-0.39, 0.29) is 11.7 Å². The third-order valence-corrected chi connectivity index (χ3v) is 4.38. The molecule has 0 fully saturated rings. The number of aromatic nitrogens is 2. The van der Waals surface area contributed by atoms with Crippen LogP contribution in [-0.2, 0) is 0 Å². The Hall–Kier alpha value is -2.70. The number of thiazole rings is 1. The molecule has 0 spiro atoms. The van der Waals surface area contributed by atoms with E-state index in [0.29, 0.717) is 15.7 Å². The van der Waals surface area contributed by atoms with Gasteiger partial charge in [0.2, 0.25) is 0 Å². The van der Waals surface area contributed by atoms with Crippen molar-refractivity contribution in [1.82, 2.24) is 9.97 Å². The highest BCUT2D eigenvalue weighted by atomic mass is 35.5. The predicted molar refractivity (Wildman–Crippen MR) is 94.5 cm³/mol. The van der Waals surface area contributed by atoms with Crippen LogP contribution in [0.3, 0.4) is 0 Å². The Balaban J connectivity index is 1.56. The summed E-state index contributed by atoms with van der Waals surface area (Å²) in [5, 5.41) is 6.48. The maximum Gasteiger partial charge on any atom is 0.293 e. The molecule has 0 radical (unpaired) electrons. The molecule has 3 aromatic heterocycles. The SMILES string of the molecule is O=C(Nc1nc(-c2cccnc2)cs1)c1cc2cc(Cl)ccc2o1. The molecule has 118 valence electrons. The lowest BCUT2D eigenvalue weighted by Crippen LogP contribution is -2.10. The quantitative estimate of drug-likeness (QED) is 0.570. The van der Waals surface area contributed by atoms with Crippen LogP contribution in [0.4, 0.5) is 5.13 Å². The minimum Gasteiger partial charge on any atom is -0.451 e. The van der Waals surface area contributed by atoms with Gasteiger partial charge in [0.25, 0.3) is 5.91 Å². The first-order valence-corrected chi connectivity index (χ1v) is 8.31. The number of benzene rings is 1. The predicted octanol–water partition coefficient (Wildman–Crippen LogP) is 4.86. The van der Waals surface area contributed by atoms with Gasteiger partial charge in [-0.05, 0) is 36.4 Å². The number of fused-ring (bicyclic) bond motifs is 1. The average molecular weight is 356 g/mol. The fourth-order valence-electron chi connectivity index (χ4n) is 2.26. The monoisotopic (exact) mass is 355 g/mol. The van der Waals surface area contributed by atoms with Gasteiger partial charge in [0, 0.05) is 33.7 Å². The van der Waals surface area contributed by atoms with Crippen molar-refractivity contribution in [2.24, 2.45) is 0 Å². The first-order valence-electron chi connectivity index (χ1n) is 7.05. The number of pyridine rings is 1. The van der Waals surface area contributed by atoms with Crippen molar-refractivity contribution in [3.05, 3.63) is 65.0 Å². The fraction of sp³-hybridized carbons (Fsp3) is 0. The smallest absolute Gasteiger partial charge is 0.293 e. The van der Waals surface area contributed by atoms with E-state index >= 15 is 0 Å². The van der Waals surface area contributed by atoms with Crippen molar-refractivity contribution in [1.29, 1.82) is 0 Å². The number of carbonyl (C=O) groups is 1. The van der Waals surface area contributed by atoms with E-state index in [2.05, 4.69) is 15.3 Å². The summed E-state index contributed by atoms with van der Waals surface area (Å²) in [6.45, 7) is 0. The molecule has 3 heterocycles. The minimum atomic E-state index is -0.352. The number of nitrogens with one attached hydrogen (secondary N) is 1. The Morgan fingerprint density at radius 3 is 3.00 bits per heavy atom. The maximum atomic E-state index is 12.3. The zero-order valence-electron chi connectivity index (χ0n) is 12.2. The van der Waals surface area contributed by atoms with E-state index in [4.69, 9.17) is 16.0 Å². The summed E-state index contributed by atoms with van der Waals surface area (Å²) in [5.74, 6) is -0.139. The third kappa shape index (κ3) is 2.89. The molecule has 4 rings (SSSR count). The van der Waals surface area contributed by atoms with Crippen molar-refractivity contribution in [3.63, 3.8) is 0 Å². The Kier molecular flexibility index (Phi) is 3.76. The van der Waals surface area contributed by atoms with Crippen molar-refractivity contribution in [2.75, 3.05) is 5.32 Å². The molecule has 7 heteroatoms. The second-order valence-electron chi connectivity index (χ2n) is 5.03. The van der Waals surface area contributed by atoms with E-state index in [9.17, 15) is 4.79 Å². The molecular weight excluding hydrogens is 346 g/mol. The zero-order chi connectivity index (χ0) is 16.5. The van der Waals surface area contributed by atoms with Gasteiger partial charge in [0.05, 0.1) is 5.69 Å². The Morgan fingerprint density at radius 1 is 1.25 bits per heavy atom. The largest absolute Gasteiger partial charge is 0.451 e. The topological polar surface area (TPSA) is 68.0 Å². The van der Waals surface area contributed by atoms with Gasteiger partial charge < -0.3 is 4.42 Å². The average Bonchev–Trinajstić information content (AvgIpc) is 3.22. The summed E-state index contributed by atoms with van der Waals surface area (Å²) in [6, 6.07) is 10.6. The van der Waals surface area contributed by atoms with Gasteiger partial charge in [0.15, 0.2) is 10.9 Å². The van der Waals surface area contributed by atoms with Crippen LogP contribution in [0.15, 0.2) is 58.6 Å².